The molecule has 0 radical (unpaired) electrons. The Kier molecular flexibility index (Phi) is 17.9. The molecule has 2 amide bonds. The number of rotatable bonds is 20. The zero-order chi connectivity index (χ0) is 36.8. The van der Waals surface area contributed by atoms with Gasteiger partial charge < -0.3 is 30.2 Å². The highest BCUT2D eigenvalue weighted by Crippen LogP contribution is 2.36. The van der Waals surface area contributed by atoms with Crippen LogP contribution in [0.1, 0.15) is 32.1 Å². The van der Waals surface area contributed by atoms with E-state index >= 15 is 0 Å². The molecule has 0 spiro atoms. The largest absolute Gasteiger partial charge is 0.320 e. The zero-order valence-corrected chi connectivity index (χ0v) is 34.5. The number of hydrogen-bond donors (Lipinski definition) is 2. The van der Waals surface area contributed by atoms with E-state index in [-0.39, 0.29) is 11.4 Å². The third kappa shape index (κ3) is 14.4. The fraction of sp³-hybridized carbons (Fsp3) is 0.500. The first-order chi connectivity index (χ1) is 23.7. The van der Waals surface area contributed by atoms with Crippen LogP contribution in [0, 0.1) is 13.8 Å². The third-order valence-corrected chi connectivity index (χ3v) is 11.7. The van der Waals surface area contributed by atoms with Gasteiger partial charge in [0, 0.05) is 74.8 Å². The fourth-order valence-electron chi connectivity index (χ4n) is 4.42. The van der Waals surface area contributed by atoms with Crippen molar-refractivity contribution >= 4 is 70.2 Å². The van der Waals surface area contributed by atoms with Crippen molar-refractivity contribution in [2.45, 2.75) is 33.4 Å². The van der Waals surface area contributed by atoms with Crippen molar-refractivity contribution in [3.05, 3.63) is 59.2 Å². The van der Waals surface area contributed by atoms with Crippen molar-refractivity contribution in [3.8, 4) is 0 Å². The molecule has 0 saturated carbocycles. The third-order valence-electron chi connectivity index (χ3n) is 7.37. The molecule has 1 heterocycles. The molecule has 0 atom stereocenters. The number of thioether (sulfide) groups is 4. The normalized spacial score (nSPS) is 11.6. The maximum Gasteiger partial charge on any atom is 0.274 e. The number of carbonyl (C=O) groups is 2. The smallest absolute Gasteiger partial charge is 0.274 e. The summed E-state index contributed by atoms with van der Waals surface area (Å²) in [6.07, 6.45) is 1.27. The summed E-state index contributed by atoms with van der Waals surface area (Å²) >= 11 is 7.07. The van der Waals surface area contributed by atoms with Crippen molar-refractivity contribution in [2.75, 3.05) is 116 Å². The second-order valence-electron chi connectivity index (χ2n) is 13.0. The summed E-state index contributed by atoms with van der Waals surface area (Å²) in [5.41, 5.74) is 3.91. The van der Waals surface area contributed by atoms with Crippen LogP contribution in [-0.4, -0.2) is 147 Å². The van der Waals surface area contributed by atoms with E-state index in [1.165, 1.54) is 22.2 Å². The Hall–Kier alpha value is -2.30. The summed E-state index contributed by atoms with van der Waals surface area (Å²) in [7, 11) is 16.5. The Balaban J connectivity index is 1.82. The molecule has 0 aliphatic carbocycles. The summed E-state index contributed by atoms with van der Waals surface area (Å²) in [5.74, 6) is 2.93. The van der Waals surface area contributed by atoms with Crippen molar-refractivity contribution in [3.63, 3.8) is 0 Å². The Morgan fingerprint density at radius 3 is 1.16 bits per heavy atom. The Bertz CT molecular complexity index is 1460. The van der Waals surface area contributed by atoms with Gasteiger partial charge in [-0.15, -0.1) is 47.0 Å². The molecule has 274 valence electrons. The molecule has 50 heavy (non-hydrogen) atoms. The predicted molar refractivity (Wildman–Crippen MR) is 217 cm³/mol. The van der Waals surface area contributed by atoms with Crippen LogP contribution < -0.4 is 10.6 Å². The molecular formula is C36H54N8O2S4. The van der Waals surface area contributed by atoms with Crippen LogP contribution in [0.15, 0.2) is 56.2 Å². The predicted octanol–water partition coefficient (Wildman–Crippen LogP) is 6.21. The first kappa shape index (κ1) is 42.1. The summed E-state index contributed by atoms with van der Waals surface area (Å²) in [5, 5.41) is 6.15. The van der Waals surface area contributed by atoms with Gasteiger partial charge in [0.05, 0.1) is 11.4 Å². The first-order valence-electron chi connectivity index (χ1n) is 16.6. The Morgan fingerprint density at radius 1 is 0.520 bits per heavy atom. The van der Waals surface area contributed by atoms with Crippen LogP contribution in [0.25, 0.3) is 0 Å². The number of carbonyl (C=O) groups excluding carboxylic acids is 2. The van der Waals surface area contributed by atoms with Gasteiger partial charge in [0.1, 0.15) is 17.7 Å². The van der Waals surface area contributed by atoms with Crippen LogP contribution in [0.2, 0.25) is 0 Å². The SMILES string of the molecule is Cc1cc(NC(=O)c2cc(C(=O)Nc3cc(C)c(SCCN(C)C)cc3SCCN(C)C)ncn2)c(SCCN(C)C)cc1SCCN(C)C. The highest BCUT2D eigenvalue weighted by atomic mass is 32.2. The van der Waals surface area contributed by atoms with Crippen molar-refractivity contribution in [1.82, 2.24) is 29.6 Å². The Labute approximate surface area is 316 Å². The van der Waals surface area contributed by atoms with Crippen molar-refractivity contribution in [2.24, 2.45) is 0 Å². The second kappa shape index (κ2) is 21.3. The average Bonchev–Trinajstić information content (AvgIpc) is 3.03. The van der Waals surface area contributed by atoms with Gasteiger partial charge in [-0.05, 0) is 106 Å². The van der Waals surface area contributed by atoms with Gasteiger partial charge in [-0.1, -0.05) is 0 Å². The lowest BCUT2D eigenvalue weighted by Gasteiger charge is -2.17. The first-order valence-corrected chi connectivity index (χ1v) is 20.5. The lowest BCUT2D eigenvalue weighted by Crippen LogP contribution is -2.19. The monoisotopic (exact) mass is 758 g/mol. The summed E-state index contributed by atoms with van der Waals surface area (Å²) in [6, 6.07) is 9.87. The molecule has 0 saturated heterocycles. The van der Waals surface area contributed by atoms with E-state index in [2.05, 4.69) is 123 Å². The molecule has 0 unspecified atom stereocenters. The summed E-state index contributed by atoms with van der Waals surface area (Å²) in [6.45, 7) is 7.91. The number of aryl methyl sites for hydroxylation is 2. The molecule has 3 aromatic rings. The average molecular weight is 759 g/mol. The lowest BCUT2D eigenvalue weighted by atomic mass is 10.2. The minimum absolute atomic E-state index is 0.126. The van der Waals surface area contributed by atoms with Gasteiger partial charge in [0.2, 0.25) is 0 Å². The van der Waals surface area contributed by atoms with E-state index in [4.69, 9.17) is 0 Å². The summed E-state index contributed by atoms with van der Waals surface area (Å²) in [4.78, 5) is 48.7. The minimum Gasteiger partial charge on any atom is -0.320 e. The van der Waals surface area contributed by atoms with Crippen LogP contribution in [0.5, 0.6) is 0 Å². The maximum absolute atomic E-state index is 13.6. The molecule has 14 heteroatoms. The molecule has 0 aliphatic rings. The highest BCUT2D eigenvalue weighted by Gasteiger charge is 2.19. The van der Waals surface area contributed by atoms with Crippen LogP contribution >= 0.6 is 47.0 Å². The molecule has 3 rings (SSSR count). The number of hydrogen-bond acceptors (Lipinski definition) is 12. The molecule has 10 nitrogen and oxygen atoms in total. The van der Waals surface area contributed by atoms with Crippen LogP contribution in [0.3, 0.4) is 0 Å². The van der Waals surface area contributed by atoms with Crippen molar-refractivity contribution in [1.29, 1.82) is 0 Å². The van der Waals surface area contributed by atoms with E-state index in [0.717, 1.165) is 81.5 Å². The van der Waals surface area contributed by atoms with Gasteiger partial charge in [-0.25, -0.2) is 9.97 Å². The van der Waals surface area contributed by atoms with Gasteiger partial charge in [-0.2, -0.15) is 0 Å². The van der Waals surface area contributed by atoms with Gasteiger partial charge in [0.25, 0.3) is 11.8 Å². The number of nitrogens with zero attached hydrogens (tertiary/aromatic N) is 6. The van der Waals surface area contributed by atoms with E-state index in [1.54, 1.807) is 23.5 Å². The topological polar surface area (TPSA) is 96.9 Å². The molecule has 2 aromatic carbocycles. The van der Waals surface area contributed by atoms with Gasteiger partial charge in [-0.3, -0.25) is 9.59 Å². The number of benzene rings is 2. The second-order valence-corrected chi connectivity index (χ2v) is 17.6. The molecule has 0 aliphatic heterocycles. The minimum atomic E-state index is -0.391. The zero-order valence-electron chi connectivity index (χ0n) is 31.3. The van der Waals surface area contributed by atoms with E-state index in [0.29, 0.717) is 0 Å². The lowest BCUT2D eigenvalue weighted by molar-refractivity contribution is 0.102. The molecular weight excluding hydrogens is 705 g/mol. The van der Waals surface area contributed by atoms with Crippen LogP contribution in [-0.2, 0) is 0 Å². The van der Waals surface area contributed by atoms with E-state index in [1.807, 2.05) is 35.7 Å². The van der Waals surface area contributed by atoms with E-state index < -0.39 is 11.8 Å². The van der Waals surface area contributed by atoms with E-state index in [9.17, 15) is 9.59 Å². The highest BCUT2D eigenvalue weighted by molar-refractivity contribution is 8.00. The molecule has 0 bridgehead atoms. The number of aromatic nitrogens is 2. The van der Waals surface area contributed by atoms with Gasteiger partial charge in [0.15, 0.2) is 0 Å². The number of anilines is 2. The van der Waals surface area contributed by atoms with Gasteiger partial charge >= 0.3 is 0 Å². The molecule has 1 aromatic heterocycles. The van der Waals surface area contributed by atoms with Crippen LogP contribution in [0.4, 0.5) is 11.4 Å². The maximum atomic E-state index is 13.6. The standard InChI is InChI=1S/C36H54N8O2S4/c1-25-19-27(33(49-17-13-43(7)8)22-31(25)47-15-11-41(3)4)39-35(45)29-21-30(38-24-37-29)36(46)40-28-20-26(2)32(48-16-12-42(5)6)23-34(28)50-18-14-44(9)10/h19-24H,11-18H2,1-10H3,(H,39,45)(H,40,46). The number of nitrogens with one attached hydrogen (secondary N) is 2. The summed E-state index contributed by atoms with van der Waals surface area (Å²) < 4.78 is 0. The van der Waals surface area contributed by atoms with Crippen molar-refractivity contribution < 1.29 is 9.59 Å². The number of amides is 2. The molecule has 2 N–H and O–H groups in total. The quantitative estimate of drug-likeness (QED) is 0.128. The fourth-order valence-corrected chi connectivity index (χ4v) is 9.18. The molecule has 0 fully saturated rings. The Morgan fingerprint density at radius 2 is 0.840 bits per heavy atom.